The van der Waals surface area contributed by atoms with Crippen LogP contribution >= 0.6 is 0 Å². The molecule has 8 unspecified atom stereocenters. The number of allylic oxidation sites excluding steroid dienone is 3. The molecule has 2 N–H and O–H groups in total. The maximum Gasteiger partial charge on any atom is 0.308 e. The van der Waals surface area contributed by atoms with E-state index < -0.39 is 12.2 Å². The lowest BCUT2D eigenvalue weighted by atomic mass is 9.65. The maximum absolute atomic E-state index is 12.6. The number of hydrogen-bond donors (Lipinski definition) is 2. The minimum atomic E-state index is -0.807. The van der Waals surface area contributed by atoms with Crippen molar-refractivity contribution < 1.29 is 24.5 Å². The number of aliphatic hydroxyl groups excluding tert-OH is 2. The Hall–Kier alpha value is -1.46. The van der Waals surface area contributed by atoms with Gasteiger partial charge in [0.2, 0.25) is 0 Å². The molecule has 2 rings (SSSR count). The van der Waals surface area contributed by atoms with Gasteiger partial charge in [-0.25, -0.2) is 0 Å². The Bertz CT molecular complexity index is 694. The third-order valence-electron chi connectivity index (χ3n) is 7.34. The summed E-state index contributed by atoms with van der Waals surface area (Å²) >= 11 is 0. The highest BCUT2D eigenvalue weighted by atomic mass is 16.5. The first-order valence-electron chi connectivity index (χ1n) is 12.5. The Morgan fingerprint density at radius 2 is 1.84 bits per heavy atom. The molecule has 182 valence electrons. The lowest BCUT2D eigenvalue weighted by Crippen LogP contribution is -2.41. The second-order valence-electron chi connectivity index (χ2n) is 10.5. The second-order valence-corrected chi connectivity index (χ2v) is 10.5. The van der Waals surface area contributed by atoms with E-state index in [2.05, 4.69) is 32.1 Å². The van der Waals surface area contributed by atoms with Gasteiger partial charge in [0.15, 0.2) is 0 Å². The molecule has 0 aromatic heterocycles. The smallest absolute Gasteiger partial charge is 0.308 e. The molecular formula is C27H44O5. The fraction of sp³-hybridized carbons (Fsp3) is 0.778. The quantitative estimate of drug-likeness (QED) is 0.441. The molecule has 2 aliphatic rings. The lowest BCUT2D eigenvalue weighted by molar-refractivity contribution is -0.158. The van der Waals surface area contributed by atoms with E-state index in [1.165, 1.54) is 5.57 Å². The van der Waals surface area contributed by atoms with Crippen molar-refractivity contribution in [2.24, 2.45) is 35.5 Å². The lowest BCUT2D eigenvalue weighted by Gasteiger charge is -2.43. The van der Waals surface area contributed by atoms with E-state index in [1.807, 2.05) is 27.7 Å². The number of Topliss-reactive ketones (excluding diaryl/α,β-unsaturated/α-hetero) is 1. The summed E-state index contributed by atoms with van der Waals surface area (Å²) in [4.78, 5) is 24.4. The third-order valence-corrected chi connectivity index (χ3v) is 7.34. The van der Waals surface area contributed by atoms with Crippen LogP contribution in [0.4, 0.5) is 0 Å². The van der Waals surface area contributed by atoms with E-state index in [9.17, 15) is 19.8 Å². The predicted octanol–water partition coefficient (Wildman–Crippen LogP) is 4.86. The summed E-state index contributed by atoms with van der Waals surface area (Å²) in [5, 5.41) is 20.8. The molecule has 8 atom stereocenters. The van der Waals surface area contributed by atoms with Crippen LogP contribution in [0.25, 0.3) is 0 Å². The van der Waals surface area contributed by atoms with Crippen LogP contribution < -0.4 is 0 Å². The van der Waals surface area contributed by atoms with Gasteiger partial charge in [-0.3, -0.25) is 9.59 Å². The molecule has 0 saturated carbocycles. The molecule has 2 aliphatic carbocycles. The molecule has 32 heavy (non-hydrogen) atoms. The van der Waals surface area contributed by atoms with E-state index in [1.54, 1.807) is 0 Å². The fourth-order valence-corrected chi connectivity index (χ4v) is 5.02. The molecule has 0 aliphatic heterocycles. The molecule has 5 heteroatoms. The average Bonchev–Trinajstić information content (AvgIpc) is 2.72. The number of carbonyl (C=O) groups excluding carboxylic acids is 2. The average molecular weight is 449 g/mol. The summed E-state index contributed by atoms with van der Waals surface area (Å²) in [7, 11) is 0. The van der Waals surface area contributed by atoms with Gasteiger partial charge in [0, 0.05) is 18.3 Å². The SMILES string of the molecule is CCC(C)C(=O)OC1CC(C)C=C2C=CC(C)C(CCC(O)CC(O)CC(=O)C(C)C)C21. The predicted molar refractivity (Wildman–Crippen MR) is 127 cm³/mol. The van der Waals surface area contributed by atoms with Crippen molar-refractivity contribution >= 4 is 11.8 Å². The number of hydrogen-bond acceptors (Lipinski definition) is 5. The van der Waals surface area contributed by atoms with E-state index >= 15 is 0 Å². The Labute approximate surface area is 194 Å². The summed E-state index contributed by atoms with van der Waals surface area (Å²) in [6.07, 6.45) is 8.34. The van der Waals surface area contributed by atoms with Crippen molar-refractivity contribution in [1.82, 2.24) is 0 Å². The minimum absolute atomic E-state index is 0.0211. The number of ether oxygens (including phenoxy) is 1. The summed E-state index contributed by atoms with van der Waals surface area (Å²) in [6.45, 7) is 11.9. The highest BCUT2D eigenvalue weighted by molar-refractivity contribution is 5.80. The standard InChI is InChI=1S/C27H44O5/c1-7-18(5)27(31)32-25-13-17(4)12-20-9-8-19(6)23(26(20)25)11-10-21(28)14-22(29)15-24(30)16(2)3/h8-9,12,16-19,21-23,25-26,28-29H,7,10-11,13-15H2,1-6H3. The number of esters is 1. The summed E-state index contributed by atoms with van der Waals surface area (Å²) < 4.78 is 6.05. The van der Waals surface area contributed by atoms with Crippen molar-refractivity contribution in [1.29, 1.82) is 0 Å². The zero-order valence-electron chi connectivity index (χ0n) is 20.8. The molecule has 0 heterocycles. The molecule has 0 saturated heterocycles. The van der Waals surface area contributed by atoms with E-state index in [0.717, 1.165) is 19.3 Å². The Morgan fingerprint density at radius 1 is 1.16 bits per heavy atom. The molecule has 0 amide bonds. The molecule has 0 aromatic rings. The van der Waals surface area contributed by atoms with Crippen LogP contribution in [0.1, 0.15) is 80.1 Å². The third kappa shape index (κ3) is 7.28. The Kier molecular flexibility index (Phi) is 10.2. The monoisotopic (exact) mass is 448 g/mol. The zero-order valence-corrected chi connectivity index (χ0v) is 20.8. The van der Waals surface area contributed by atoms with Gasteiger partial charge in [-0.15, -0.1) is 0 Å². The molecule has 0 aromatic carbocycles. The summed E-state index contributed by atoms with van der Waals surface area (Å²) in [6, 6.07) is 0. The number of aliphatic hydroxyl groups is 2. The summed E-state index contributed by atoms with van der Waals surface area (Å²) in [5.74, 6) is 0.759. The highest BCUT2D eigenvalue weighted by Crippen LogP contribution is 2.45. The fourth-order valence-electron chi connectivity index (χ4n) is 5.02. The van der Waals surface area contributed by atoms with Crippen LogP contribution in [0.15, 0.2) is 23.8 Å². The van der Waals surface area contributed by atoms with Gasteiger partial charge in [-0.05, 0) is 55.4 Å². The Morgan fingerprint density at radius 3 is 2.47 bits per heavy atom. The van der Waals surface area contributed by atoms with Gasteiger partial charge < -0.3 is 14.9 Å². The van der Waals surface area contributed by atoms with Crippen LogP contribution in [-0.2, 0) is 14.3 Å². The first-order valence-corrected chi connectivity index (χ1v) is 12.5. The van der Waals surface area contributed by atoms with E-state index in [0.29, 0.717) is 18.3 Å². The van der Waals surface area contributed by atoms with Crippen LogP contribution in [0, 0.1) is 35.5 Å². The molecule has 0 radical (unpaired) electrons. The largest absolute Gasteiger partial charge is 0.461 e. The molecule has 0 bridgehead atoms. The van der Waals surface area contributed by atoms with Crippen LogP contribution in [0.2, 0.25) is 0 Å². The van der Waals surface area contributed by atoms with E-state index in [4.69, 9.17) is 4.74 Å². The van der Waals surface area contributed by atoms with Crippen molar-refractivity contribution in [2.45, 2.75) is 98.4 Å². The Balaban J connectivity index is 2.05. The topological polar surface area (TPSA) is 83.8 Å². The number of ketones is 1. The van der Waals surface area contributed by atoms with Crippen LogP contribution in [-0.4, -0.2) is 40.3 Å². The summed E-state index contributed by atoms with van der Waals surface area (Å²) in [5.41, 5.74) is 1.24. The minimum Gasteiger partial charge on any atom is -0.461 e. The number of carbonyl (C=O) groups is 2. The molecule has 5 nitrogen and oxygen atoms in total. The molecule has 0 spiro atoms. The van der Waals surface area contributed by atoms with Gasteiger partial charge >= 0.3 is 5.97 Å². The van der Waals surface area contributed by atoms with Crippen LogP contribution in [0.3, 0.4) is 0 Å². The van der Waals surface area contributed by atoms with Crippen molar-refractivity contribution in [2.75, 3.05) is 0 Å². The number of fused-ring (bicyclic) bond motifs is 1. The van der Waals surface area contributed by atoms with Gasteiger partial charge in [0.25, 0.3) is 0 Å². The second kappa shape index (κ2) is 12.1. The van der Waals surface area contributed by atoms with Crippen molar-refractivity contribution in [3.05, 3.63) is 23.8 Å². The zero-order chi connectivity index (χ0) is 24.0. The van der Waals surface area contributed by atoms with E-state index in [-0.39, 0.29) is 54.4 Å². The van der Waals surface area contributed by atoms with Gasteiger partial charge in [-0.1, -0.05) is 59.8 Å². The van der Waals surface area contributed by atoms with Crippen molar-refractivity contribution in [3.63, 3.8) is 0 Å². The van der Waals surface area contributed by atoms with Crippen LogP contribution in [0.5, 0.6) is 0 Å². The first kappa shape index (κ1) is 26.8. The highest BCUT2D eigenvalue weighted by Gasteiger charge is 2.41. The first-order chi connectivity index (χ1) is 15.0. The molecular weight excluding hydrogens is 404 g/mol. The van der Waals surface area contributed by atoms with Gasteiger partial charge in [0.05, 0.1) is 18.1 Å². The normalized spacial score (nSPS) is 30.3. The van der Waals surface area contributed by atoms with Gasteiger partial charge in [-0.2, -0.15) is 0 Å². The van der Waals surface area contributed by atoms with Crippen molar-refractivity contribution in [3.8, 4) is 0 Å². The molecule has 0 fully saturated rings. The maximum atomic E-state index is 12.6. The van der Waals surface area contributed by atoms with Gasteiger partial charge in [0.1, 0.15) is 11.9 Å². The number of rotatable bonds is 11.